The SMILES string of the molecule is CCOc1ccc(NC(=O)CSc2nnc(C(c3ccccc3)c3ccccc3)o2)cc1. The average molecular weight is 446 g/mol. The van der Waals surface area contributed by atoms with Crippen molar-refractivity contribution in [1.82, 2.24) is 10.2 Å². The lowest BCUT2D eigenvalue weighted by Gasteiger charge is -2.13. The Hall–Kier alpha value is -3.58. The maximum Gasteiger partial charge on any atom is 0.277 e. The number of carbonyl (C=O) groups is 1. The first kappa shape index (κ1) is 21.6. The van der Waals surface area contributed by atoms with Gasteiger partial charge in [0.25, 0.3) is 5.22 Å². The highest BCUT2D eigenvalue weighted by Crippen LogP contribution is 2.32. The molecule has 0 unspecified atom stereocenters. The Morgan fingerprint density at radius 1 is 0.938 bits per heavy atom. The second-order valence-electron chi connectivity index (χ2n) is 6.95. The number of aromatic nitrogens is 2. The monoisotopic (exact) mass is 445 g/mol. The summed E-state index contributed by atoms with van der Waals surface area (Å²) in [6.07, 6.45) is 0. The highest BCUT2D eigenvalue weighted by Gasteiger charge is 2.23. The van der Waals surface area contributed by atoms with E-state index < -0.39 is 0 Å². The summed E-state index contributed by atoms with van der Waals surface area (Å²) in [4.78, 5) is 12.3. The van der Waals surface area contributed by atoms with Gasteiger partial charge in [-0.25, -0.2) is 0 Å². The number of thioether (sulfide) groups is 1. The van der Waals surface area contributed by atoms with E-state index >= 15 is 0 Å². The summed E-state index contributed by atoms with van der Waals surface area (Å²) in [5.41, 5.74) is 2.83. The van der Waals surface area contributed by atoms with Crippen molar-refractivity contribution in [3.8, 4) is 5.75 Å². The van der Waals surface area contributed by atoms with Crippen LogP contribution >= 0.6 is 11.8 Å². The van der Waals surface area contributed by atoms with Crippen LogP contribution in [-0.2, 0) is 4.79 Å². The molecule has 162 valence electrons. The largest absolute Gasteiger partial charge is 0.494 e. The zero-order chi connectivity index (χ0) is 22.2. The first-order valence-corrected chi connectivity index (χ1v) is 11.3. The minimum absolute atomic E-state index is 0.151. The van der Waals surface area contributed by atoms with E-state index in [0.29, 0.717) is 23.4 Å². The smallest absolute Gasteiger partial charge is 0.277 e. The summed E-state index contributed by atoms with van der Waals surface area (Å²) in [5, 5.41) is 11.6. The summed E-state index contributed by atoms with van der Waals surface area (Å²) in [5.74, 6) is 1.11. The van der Waals surface area contributed by atoms with Crippen LogP contribution in [0.15, 0.2) is 94.6 Å². The van der Waals surface area contributed by atoms with Gasteiger partial charge in [0.05, 0.1) is 18.3 Å². The van der Waals surface area contributed by atoms with Crippen LogP contribution in [0.2, 0.25) is 0 Å². The quantitative estimate of drug-likeness (QED) is 0.349. The number of carbonyl (C=O) groups excluding carboxylic acids is 1. The zero-order valence-electron chi connectivity index (χ0n) is 17.6. The van der Waals surface area contributed by atoms with Gasteiger partial charge in [-0.1, -0.05) is 72.4 Å². The van der Waals surface area contributed by atoms with E-state index in [2.05, 4.69) is 15.5 Å². The van der Waals surface area contributed by atoms with E-state index in [1.54, 1.807) is 0 Å². The van der Waals surface area contributed by atoms with Gasteiger partial charge >= 0.3 is 0 Å². The Labute approximate surface area is 191 Å². The fraction of sp³-hybridized carbons (Fsp3) is 0.160. The molecule has 4 aromatic rings. The maximum atomic E-state index is 12.3. The molecule has 0 spiro atoms. The molecule has 1 N–H and O–H groups in total. The molecule has 4 rings (SSSR count). The standard InChI is InChI=1S/C25H23N3O3S/c1-2-30-21-15-13-20(14-16-21)26-22(29)17-32-25-28-27-24(31-25)23(18-9-5-3-6-10-18)19-11-7-4-8-12-19/h3-16,23H,2,17H2,1H3,(H,26,29). The third kappa shape index (κ3) is 5.56. The number of nitrogens with zero attached hydrogens (tertiary/aromatic N) is 2. The lowest BCUT2D eigenvalue weighted by molar-refractivity contribution is -0.113. The van der Waals surface area contributed by atoms with Gasteiger partial charge < -0.3 is 14.5 Å². The number of benzene rings is 3. The molecule has 0 saturated heterocycles. The van der Waals surface area contributed by atoms with Crippen molar-refractivity contribution in [2.75, 3.05) is 17.7 Å². The molecule has 1 heterocycles. The zero-order valence-corrected chi connectivity index (χ0v) is 18.4. The van der Waals surface area contributed by atoms with Crippen LogP contribution < -0.4 is 10.1 Å². The van der Waals surface area contributed by atoms with E-state index in [1.807, 2.05) is 91.9 Å². The molecule has 0 atom stereocenters. The predicted molar refractivity (Wildman–Crippen MR) is 125 cm³/mol. The third-order valence-electron chi connectivity index (χ3n) is 4.71. The fourth-order valence-corrected chi connectivity index (χ4v) is 3.86. The summed E-state index contributed by atoms with van der Waals surface area (Å²) >= 11 is 1.21. The van der Waals surface area contributed by atoms with Crippen molar-refractivity contribution in [2.24, 2.45) is 0 Å². The topological polar surface area (TPSA) is 77.2 Å². The Morgan fingerprint density at radius 3 is 2.16 bits per heavy atom. The van der Waals surface area contributed by atoms with Crippen LogP contribution in [0.3, 0.4) is 0 Å². The van der Waals surface area contributed by atoms with Gasteiger partial charge in [-0.15, -0.1) is 10.2 Å². The molecule has 0 radical (unpaired) electrons. The number of ether oxygens (including phenoxy) is 1. The van der Waals surface area contributed by atoms with E-state index in [-0.39, 0.29) is 17.6 Å². The number of hydrogen-bond donors (Lipinski definition) is 1. The lowest BCUT2D eigenvalue weighted by atomic mass is 9.91. The Balaban J connectivity index is 1.41. The molecule has 0 aliphatic carbocycles. The van der Waals surface area contributed by atoms with Gasteiger partial charge in [-0.05, 0) is 42.3 Å². The lowest BCUT2D eigenvalue weighted by Crippen LogP contribution is -2.13. The molecule has 0 fully saturated rings. The van der Waals surface area contributed by atoms with Crippen LogP contribution in [0, 0.1) is 0 Å². The first-order chi connectivity index (χ1) is 15.7. The van der Waals surface area contributed by atoms with Crippen molar-refractivity contribution >= 4 is 23.4 Å². The summed E-state index contributed by atoms with van der Waals surface area (Å²) < 4.78 is 11.4. The molecule has 32 heavy (non-hydrogen) atoms. The van der Waals surface area contributed by atoms with Crippen LogP contribution in [0.1, 0.15) is 29.9 Å². The van der Waals surface area contributed by atoms with E-state index in [0.717, 1.165) is 16.9 Å². The molecule has 7 heteroatoms. The maximum absolute atomic E-state index is 12.3. The van der Waals surface area contributed by atoms with Crippen molar-refractivity contribution in [2.45, 2.75) is 18.1 Å². The average Bonchev–Trinajstić information content (AvgIpc) is 3.29. The van der Waals surface area contributed by atoms with Crippen LogP contribution in [0.25, 0.3) is 0 Å². The molecular formula is C25H23N3O3S. The predicted octanol–water partition coefficient (Wildman–Crippen LogP) is 5.38. The second-order valence-corrected chi connectivity index (χ2v) is 7.88. The Bertz CT molecular complexity index is 1090. The second kappa shape index (κ2) is 10.6. The third-order valence-corrected chi connectivity index (χ3v) is 5.53. The van der Waals surface area contributed by atoms with Crippen molar-refractivity contribution in [3.63, 3.8) is 0 Å². The van der Waals surface area contributed by atoms with Gasteiger partial charge in [-0.2, -0.15) is 0 Å². The molecule has 1 amide bonds. The molecule has 0 bridgehead atoms. The number of amides is 1. The van der Waals surface area contributed by atoms with E-state index in [4.69, 9.17) is 9.15 Å². The van der Waals surface area contributed by atoms with Crippen LogP contribution in [-0.4, -0.2) is 28.5 Å². The van der Waals surface area contributed by atoms with Gasteiger partial charge in [-0.3, -0.25) is 4.79 Å². The van der Waals surface area contributed by atoms with Gasteiger partial charge in [0.1, 0.15) is 5.75 Å². The normalized spacial score (nSPS) is 10.8. The number of anilines is 1. The highest BCUT2D eigenvalue weighted by molar-refractivity contribution is 7.99. The number of rotatable bonds is 9. The fourth-order valence-electron chi connectivity index (χ4n) is 3.29. The minimum Gasteiger partial charge on any atom is -0.494 e. The van der Waals surface area contributed by atoms with Crippen LogP contribution in [0.5, 0.6) is 5.75 Å². The van der Waals surface area contributed by atoms with Gasteiger partial charge in [0, 0.05) is 5.69 Å². The molecule has 1 aromatic heterocycles. The summed E-state index contributed by atoms with van der Waals surface area (Å²) in [6.45, 7) is 2.53. The number of hydrogen-bond acceptors (Lipinski definition) is 6. The number of nitrogens with one attached hydrogen (secondary N) is 1. The molecular weight excluding hydrogens is 422 g/mol. The molecule has 0 saturated carbocycles. The molecule has 6 nitrogen and oxygen atoms in total. The first-order valence-electron chi connectivity index (χ1n) is 10.3. The molecule has 0 aliphatic rings. The van der Waals surface area contributed by atoms with Gasteiger partial charge in [0.15, 0.2) is 0 Å². The molecule has 0 aliphatic heterocycles. The Kier molecular flexibility index (Phi) is 7.19. The summed E-state index contributed by atoms with van der Waals surface area (Å²) in [7, 11) is 0. The van der Waals surface area contributed by atoms with Crippen molar-refractivity contribution in [3.05, 3.63) is 102 Å². The minimum atomic E-state index is -0.170. The van der Waals surface area contributed by atoms with Crippen molar-refractivity contribution in [1.29, 1.82) is 0 Å². The molecule has 3 aromatic carbocycles. The Morgan fingerprint density at radius 2 is 1.56 bits per heavy atom. The van der Waals surface area contributed by atoms with Crippen molar-refractivity contribution < 1.29 is 13.9 Å². The van der Waals surface area contributed by atoms with Gasteiger partial charge in [0.2, 0.25) is 11.8 Å². The van der Waals surface area contributed by atoms with E-state index in [9.17, 15) is 4.79 Å². The van der Waals surface area contributed by atoms with E-state index in [1.165, 1.54) is 11.8 Å². The van der Waals surface area contributed by atoms with Crippen LogP contribution in [0.4, 0.5) is 5.69 Å². The highest BCUT2D eigenvalue weighted by atomic mass is 32.2. The summed E-state index contributed by atoms with van der Waals surface area (Å²) in [6, 6.07) is 27.3.